The second-order valence-corrected chi connectivity index (χ2v) is 6.93. The Morgan fingerprint density at radius 3 is 2.75 bits per heavy atom. The maximum absolute atomic E-state index is 5.68. The smallest absolute Gasteiger partial charge is 0.119 e. The van der Waals surface area contributed by atoms with Gasteiger partial charge in [-0.1, -0.05) is 12.1 Å². The molecule has 1 N–H and O–H groups in total. The van der Waals surface area contributed by atoms with E-state index in [4.69, 9.17) is 9.47 Å². The zero-order valence-electron chi connectivity index (χ0n) is 13.2. The van der Waals surface area contributed by atoms with Gasteiger partial charge < -0.3 is 14.8 Å². The Morgan fingerprint density at radius 1 is 1.35 bits per heavy atom. The highest BCUT2D eigenvalue weighted by atomic mass is 16.5. The second-order valence-electron chi connectivity index (χ2n) is 6.93. The van der Waals surface area contributed by atoms with Crippen molar-refractivity contribution in [1.82, 2.24) is 5.32 Å². The average molecular weight is 277 g/mol. The lowest BCUT2D eigenvalue weighted by atomic mass is 9.80. The third kappa shape index (κ3) is 4.22. The minimum absolute atomic E-state index is 0.143. The van der Waals surface area contributed by atoms with Crippen molar-refractivity contribution >= 4 is 0 Å². The summed E-state index contributed by atoms with van der Waals surface area (Å²) in [5, 5.41) is 3.64. The Balaban J connectivity index is 2.08. The van der Waals surface area contributed by atoms with E-state index in [0.717, 1.165) is 38.3 Å². The van der Waals surface area contributed by atoms with Crippen LogP contribution >= 0.6 is 0 Å². The fourth-order valence-electron chi connectivity index (χ4n) is 2.66. The molecule has 0 spiro atoms. The molecule has 1 saturated heterocycles. The lowest BCUT2D eigenvalue weighted by molar-refractivity contribution is 0.144. The first-order valence-electron chi connectivity index (χ1n) is 7.38. The first-order chi connectivity index (χ1) is 9.42. The van der Waals surface area contributed by atoms with Gasteiger partial charge in [0.1, 0.15) is 5.75 Å². The number of rotatable bonds is 5. The standard InChI is InChI=1S/C17H27NO2/c1-16(2,3)18-12-17(8-9-20-13-17)11-14-6-5-7-15(10-14)19-4/h5-7,10,18H,8-9,11-13H2,1-4H3. The van der Waals surface area contributed by atoms with Crippen LogP contribution in [0.15, 0.2) is 24.3 Å². The van der Waals surface area contributed by atoms with E-state index < -0.39 is 0 Å². The highest BCUT2D eigenvalue weighted by Gasteiger charge is 2.35. The SMILES string of the molecule is COc1cccc(CC2(CNC(C)(C)C)CCOC2)c1. The van der Waals surface area contributed by atoms with Crippen LogP contribution in [0.25, 0.3) is 0 Å². The second kappa shape index (κ2) is 6.15. The van der Waals surface area contributed by atoms with Gasteiger partial charge in [0.15, 0.2) is 0 Å². The number of hydrogen-bond donors (Lipinski definition) is 1. The first-order valence-corrected chi connectivity index (χ1v) is 7.38. The summed E-state index contributed by atoms with van der Waals surface area (Å²) in [5.41, 5.74) is 1.68. The monoisotopic (exact) mass is 277 g/mol. The molecule has 1 aromatic carbocycles. The summed E-state index contributed by atoms with van der Waals surface area (Å²) in [4.78, 5) is 0. The molecule has 20 heavy (non-hydrogen) atoms. The Labute approximate surface area is 122 Å². The minimum atomic E-state index is 0.143. The van der Waals surface area contributed by atoms with Crippen molar-refractivity contribution in [2.45, 2.75) is 39.2 Å². The van der Waals surface area contributed by atoms with Crippen molar-refractivity contribution < 1.29 is 9.47 Å². The van der Waals surface area contributed by atoms with Gasteiger partial charge in [0, 0.05) is 24.1 Å². The van der Waals surface area contributed by atoms with Crippen molar-refractivity contribution in [3.05, 3.63) is 29.8 Å². The van der Waals surface area contributed by atoms with Gasteiger partial charge in [0.2, 0.25) is 0 Å². The van der Waals surface area contributed by atoms with Crippen LogP contribution in [0, 0.1) is 5.41 Å². The predicted octanol–water partition coefficient (Wildman–Crippen LogP) is 3.03. The summed E-state index contributed by atoms with van der Waals surface area (Å²) in [7, 11) is 1.72. The Hall–Kier alpha value is -1.06. The van der Waals surface area contributed by atoms with Crippen LogP contribution in [0.1, 0.15) is 32.8 Å². The molecule has 1 aliphatic rings. The number of methoxy groups -OCH3 is 1. The fraction of sp³-hybridized carbons (Fsp3) is 0.647. The Kier molecular flexibility index (Phi) is 4.71. The molecule has 0 aliphatic carbocycles. The van der Waals surface area contributed by atoms with Gasteiger partial charge in [-0.05, 0) is 51.3 Å². The average Bonchev–Trinajstić information content (AvgIpc) is 2.85. The first kappa shape index (κ1) is 15.3. The summed E-state index contributed by atoms with van der Waals surface area (Å²) < 4.78 is 11.0. The van der Waals surface area contributed by atoms with Crippen molar-refractivity contribution in [2.75, 3.05) is 26.9 Å². The summed E-state index contributed by atoms with van der Waals surface area (Å²) >= 11 is 0. The van der Waals surface area contributed by atoms with Crippen LogP contribution in [0.5, 0.6) is 5.75 Å². The Morgan fingerprint density at radius 2 is 2.15 bits per heavy atom. The fourth-order valence-corrected chi connectivity index (χ4v) is 2.66. The molecule has 0 saturated carbocycles. The van der Waals surface area contributed by atoms with Crippen LogP contribution in [-0.4, -0.2) is 32.4 Å². The lowest BCUT2D eigenvalue weighted by Crippen LogP contribution is -2.45. The van der Waals surface area contributed by atoms with Gasteiger partial charge in [-0.3, -0.25) is 0 Å². The van der Waals surface area contributed by atoms with E-state index in [1.54, 1.807) is 7.11 Å². The molecule has 1 heterocycles. The molecule has 0 radical (unpaired) electrons. The molecule has 3 nitrogen and oxygen atoms in total. The molecule has 1 unspecified atom stereocenters. The van der Waals surface area contributed by atoms with E-state index in [-0.39, 0.29) is 11.0 Å². The number of ether oxygens (including phenoxy) is 2. The van der Waals surface area contributed by atoms with E-state index in [1.807, 2.05) is 6.07 Å². The van der Waals surface area contributed by atoms with E-state index >= 15 is 0 Å². The number of hydrogen-bond acceptors (Lipinski definition) is 3. The maximum atomic E-state index is 5.68. The van der Waals surface area contributed by atoms with Crippen LogP contribution in [-0.2, 0) is 11.2 Å². The van der Waals surface area contributed by atoms with Gasteiger partial charge in [0.05, 0.1) is 13.7 Å². The van der Waals surface area contributed by atoms with Gasteiger partial charge >= 0.3 is 0 Å². The van der Waals surface area contributed by atoms with Crippen LogP contribution in [0.2, 0.25) is 0 Å². The van der Waals surface area contributed by atoms with Crippen LogP contribution in [0.4, 0.5) is 0 Å². The molecule has 3 heteroatoms. The normalized spacial score (nSPS) is 23.0. The molecule has 0 amide bonds. The van der Waals surface area contributed by atoms with E-state index in [9.17, 15) is 0 Å². The molecule has 1 fully saturated rings. The largest absolute Gasteiger partial charge is 0.497 e. The van der Waals surface area contributed by atoms with E-state index in [2.05, 4.69) is 44.3 Å². The topological polar surface area (TPSA) is 30.5 Å². The summed E-state index contributed by atoms with van der Waals surface area (Å²) in [6.45, 7) is 9.34. The molecule has 2 rings (SSSR count). The molecule has 0 bridgehead atoms. The van der Waals surface area contributed by atoms with Gasteiger partial charge in [0.25, 0.3) is 0 Å². The Bertz CT molecular complexity index is 431. The molecule has 1 aromatic rings. The summed E-state index contributed by atoms with van der Waals surface area (Å²) in [6, 6.07) is 8.38. The number of nitrogens with one attached hydrogen (secondary N) is 1. The van der Waals surface area contributed by atoms with Crippen molar-refractivity contribution in [3.8, 4) is 5.75 Å². The zero-order valence-corrected chi connectivity index (χ0v) is 13.2. The molecule has 112 valence electrons. The molecular weight excluding hydrogens is 250 g/mol. The van der Waals surface area contributed by atoms with Crippen molar-refractivity contribution in [3.63, 3.8) is 0 Å². The third-order valence-electron chi connectivity index (χ3n) is 3.89. The van der Waals surface area contributed by atoms with Gasteiger partial charge in [-0.25, -0.2) is 0 Å². The zero-order chi connectivity index (χ0) is 14.6. The third-order valence-corrected chi connectivity index (χ3v) is 3.89. The van der Waals surface area contributed by atoms with Gasteiger partial charge in [-0.15, -0.1) is 0 Å². The summed E-state index contributed by atoms with van der Waals surface area (Å²) in [6.07, 6.45) is 2.15. The maximum Gasteiger partial charge on any atom is 0.119 e. The summed E-state index contributed by atoms with van der Waals surface area (Å²) in [5.74, 6) is 0.931. The predicted molar refractivity (Wildman–Crippen MR) is 82.3 cm³/mol. The quantitative estimate of drug-likeness (QED) is 0.897. The van der Waals surface area contributed by atoms with Crippen LogP contribution < -0.4 is 10.1 Å². The molecule has 0 aromatic heterocycles. The molecular formula is C17H27NO2. The van der Waals surface area contributed by atoms with Gasteiger partial charge in [-0.2, -0.15) is 0 Å². The van der Waals surface area contributed by atoms with E-state index in [1.165, 1.54) is 5.56 Å². The number of benzene rings is 1. The molecule has 1 atom stereocenters. The van der Waals surface area contributed by atoms with Crippen molar-refractivity contribution in [2.24, 2.45) is 5.41 Å². The lowest BCUT2D eigenvalue weighted by Gasteiger charge is -2.32. The highest BCUT2D eigenvalue weighted by Crippen LogP contribution is 2.33. The van der Waals surface area contributed by atoms with E-state index in [0.29, 0.717) is 0 Å². The van der Waals surface area contributed by atoms with Crippen molar-refractivity contribution in [1.29, 1.82) is 0 Å². The molecule has 1 aliphatic heterocycles. The highest BCUT2D eigenvalue weighted by molar-refractivity contribution is 5.29. The minimum Gasteiger partial charge on any atom is -0.497 e. The van der Waals surface area contributed by atoms with Crippen LogP contribution in [0.3, 0.4) is 0 Å².